The van der Waals surface area contributed by atoms with E-state index in [-0.39, 0.29) is 10.9 Å². The first-order valence-electron chi connectivity index (χ1n) is 15.0. The summed E-state index contributed by atoms with van der Waals surface area (Å²) in [6.07, 6.45) is 2.36. The Kier molecular flexibility index (Phi) is 11.0. The number of carbonyl (C=O) groups is 1. The van der Waals surface area contributed by atoms with Crippen molar-refractivity contribution >= 4 is 36.6 Å². The first-order valence-corrected chi connectivity index (χ1v) is 17.9. The fourth-order valence-electron chi connectivity index (χ4n) is 4.64. The van der Waals surface area contributed by atoms with E-state index in [1.165, 1.54) is 6.20 Å². The van der Waals surface area contributed by atoms with Crippen molar-refractivity contribution in [2.45, 2.75) is 45.3 Å². The summed E-state index contributed by atoms with van der Waals surface area (Å²) in [5.74, 6) is 1.17. The lowest BCUT2D eigenvalue weighted by Crippen LogP contribution is -2.41. The fraction of sp³-hybridized carbons (Fsp3) is 0.531. The van der Waals surface area contributed by atoms with Crippen LogP contribution in [0.3, 0.4) is 0 Å². The Bertz CT molecular complexity index is 1350. The van der Waals surface area contributed by atoms with Crippen LogP contribution in [0.5, 0.6) is 11.5 Å². The molecule has 1 aliphatic rings. The second-order valence-electron chi connectivity index (χ2n) is 12.3. The van der Waals surface area contributed by atoms with Crippen LogP contribution in [0.1, 0.15) is 37.7 Å². The Labute approximate surface area is 256 Å². The van der Waals surface area contributed by atoms with E-state index in [4.69, 9.17) is 23.6 Å². The molecule has 1 saturated heterocycles. The quantitative estimate of drug-likeness (QED) is 0.206. The Morgan fingerprint density at radius 1 is 1.02 bits per heavy atom. The van der Waals surface area contributed by atoms with E-state index in [9.17, 15) is 4.79 Å². The van der Waals surface area contributed by atoms with Gasteiger partial charge in [0, 0.05) is 68.9 Å². The van der Waals surface area contributed by atoms with Crippen molar-refractivity contribution in [2.24, 2.45) is 0 Å². The number of carbonyl (C=O) groups excluding carboxylic acids is 1. The molecule has 1 amide bonds. The average Bonchev–Trinajstić information content (AvgIpc) is 3.00. The van der Waals surface area contributed by atoms with Gasteiger partial charge >= 0.3 is 0 Å². The van der Waals surface area contributed by atoms with Crippen LogP contribution in [0.2, 0.25) is 18.1 Å². The molecule has 0 saturated carbocycles. The predicted octanol–water partition coefficient (Wildman–Crippen LogP) is 5.26. The number of ether oxygens (including phenoxy) is 3. The lowest BCUT2D eigenvalue weighted by atomic mass is 10.2. The van der Waals surface area contributed by atoms with E-state index in [1.54, 1.807) is 14.2 Å². The number of hydrogen-bond acceptors (Lipinski definition) is 9. The van der Waals surface area contributed by atoms with Crippen LogP contribution < -0.4 is 19.7 Å². The van der Waals surface area contributed by atoms with Gasteiger partial charge in [-0.15, -0.1) is 0 Å². The summed E-state index contributed by atoms with van der Waals surface area (Å²) in [5, 5.41) is 3.13. The normalized spacial score (nSPS) is 14.5. The van der Waals surface area contributed by atoms with Crippen molar-refractivity contribution in [1.82, 2.24) is 20.2 Å². The predicted molar refractivity (Wildman–Crippen MR) is 173 cm³/mol. The van der Waals surface area contributed by atoms with E-state index >= 15 is 0 Å². The number of hydrogen-bond donors (Lipinski definition) is 1. The maximum absolute atomic E-state index is 12.9. The van der Waals surface area contributed by atoms with Crippen LogP contribution in [0.15, 0.2) is 42.6 Å². The number of fused-ring (bicyclic) bond motifs is 1. The van der Waals surface area contributed by atoms with Crippen molar-refractivity contribution in [2.75, 3.05) is 71.7 Å². The van der Waals surface area contributed by atoms with Crippen LogP contribution >= 0.6 is 0 Å². The molecule has 0 unspecified atom stereocenters. The molecule has 2 heterocycles. The third-order valence-corrected chi connectivity index (χ3v) is 12.9. The second kappa shape index (κ2) is 14.5. The number of amides is 1. The highest BCUT2D eigenvalue weighted by atomic mass is 28.4. The standard InChI is InChI=1S/C32H47N5O5Si/c1-32(2,3)43(6,7)42-16-8-12-37(25-19-26(39-4)22-27(20-25)40-5)24-9-10-28-29(21-24)35-30(23-34-28)31(38)33-11-13-36-14-17-41-18-15-36/h9-10,19-23H,8,11-18H2,1-7H3,(H,33,38). The molecular formula is C32H47N5O5Si. The number of anilines is 2. The first kappa shape index (κ1) is 32.7. The van der Waals surface area contributed by atoms with Gasteiger partial charge in [-0.25, -0.2) is 4.98 Å². The highest BCUT2D eigenvalue weighted by Crippen LogP contribution is 2.37. The minimum atomic E-state index is -1.86. The smallest absolute Gasteiger partial charge is 0.271 e. The summed E-state index contributed by atoms with van der Waals surface area (Å²) in [4.78, 5) is 26.6. The largest absolute Gasteiger partial charge is 0.497 e. The van der Waals surface area contributed by atoms with Gasteiger partial charge in [-0.2, -0.15) is 0 Å². The summed E-state index contributed by atoms with van der Waals surface area (Å²) in [6.45, 7) is 17.2. The van der Waals surface area contributed by atoms with E-state index in [2.05, 4.69) is 54.0 Å². The maximum atomic E-state index is 12.9. The molecule has 1 N–H and O–H groups in total. The van der Waals surface area contributed by atoms with Gasteiger partial charge in [0.15, 0.2) is 8.32 Å². The molecule has 0 atom stereocenters. The molecule has 0 bridgehead atoms. The summed E-state index contributed by atoms with van der Waals surface area (Å²) in [5.41, 5.74) is 3.51. The van der Waals surface area contributed by atoms with Crippen LogP contribution in [0, 0.1) is 0 Å². The van der Waals surface area contributed by atoms with Gasteiger partial charge in [0.1, 0.15) is 17.2 Å². The van der Waals surface area contributed by atoms with Gasteiger partial charge in [0.25, 0.3) is 5.91 Å². The lowest BCUT2D eigenvalue weighted by Gasteiger charge is -2.36. The van der Waals surface area contributed by atoms with E-state index < -0.39 is 8.32 Å². The minimum absolute atomic E-state index is 0.149. The number of nitrogens with zero attached hydrogens (tertiary/aromatic N) is 4. The molecule has 1 aromatic heterocycles. The van der Waals surface area contributed by atoms with Gasteiger partial charge in [-0.1, -0.05) is 20.8 Å². The minimum Gasteiger partial charge on any atom is -0.497 e. The van der Waals surface area contributed by atoms with E-state index in [0.717, 1.165) is 56.2 Å². The SMILES string of the molecule is COc1cc(OC)cc(N(CCCO[Si](C)(C)C(C)(C)C)c2ccc3ncc(C(=O)NCCN4CCOCC4)nc3c2)c1. The van der Waals surface area contributed by atoms with Gasteiger partial charge in [-0.3, -0.25) is 14.7 Å². The van der Waals surface area contributed by atoms with Crippen molar-refractivity contribution in [3.8, 4) is 11.5 Å². The number of nitrogens with one attached hydrogen (secondary N) is 1. The lowest BCUT2D eigenvalue weighted by molar-refractivity contribution is 0.0383. The number of methoxy groups -OCH3 is 2. The monoisotopic (exact) mass is 609 g/mol. The molecule has 10 nitrogen and oxygen atoms in total. The van der Waals surface area contributed by atoms with Crippen molar-refractivity contribution < 1.29 is 23.4 Å². The molecule has 2 aromatic carbocycles. The van der Waals surface area contributed by atoms with Gasteiger partial charge in [0.2, 0.25) is 0 Å². The summed E-state index contributed by atoms with van der Waals surface area (Å²) in [6, 6.07) is 11.8. The average molecular weight is 610 g/mol. The van der Waals surface area contributed by atoms with Crippen molar-refractivity contribution in [3.63, 3.8) is 0 Å². The highest BCUT2D eigenvalue weighted by Gasteiger charge is 2.36. The third kappa shape index (κ3) is 8.66. The first-order chi connectivity index (χ1) is 20.5. The molecule has 1 fully saturated rings. The summed E-state index contributed by atoms with van der Waals surface area (Å²) < 4.78 is 23.0. The molecule has 11 heteroatoms. The molecule has 0 aliphatic carbocycles. The topological polar surface area (TPSA) is 98.3 Å². The number of aromatic nitrogens is 2. The van der Waals surface area contributed by atoms with Gasteiger partial charge in [0.05, 0.1) is 44.7 Å². The van der Waals surface area contributed by atoms with E-state index in [0.29, 0.717) is 42.4 Å². The molecule has 1 aliphatic heterocycles. The zero-order chi connectivity index (χ0) is 31.0. The Balaban J connectivity index is 1.55. The number of morpholine rings is 1. The van der Waals surface area contributed by atoms with Crippen LogP contribution in [0.4, 0.5) is 11.4 Å². The van der Waals surface area contributed by atoms with Crippen LogP contribution in [0.25, 0.3) is 11.0 Å². The molecule has 0 radical (unpaired) electrons. The fourth-order valence-corrected chi connectivity index (χ4v) is 5.73. The highest BCUT2D eigenvalue weighted by molar-refractivity contribution is 6.74. The van der Waals surface area contributed by atoms with Crippen molar-refractivity contribution in [1.29, 1.82) is 0 Å². The van der Waals surface area contributed by atoms with Crippen LogP contribution in [-0.4, -0.2) is 95.9 Å². The Morgan fingerprint density at radius 2 is 1.72 bits per heavy atom. The molecule has 4 rings (SSSR count). The Morgan fingerprint density at radius 3 is 2.37 bits per heavy atom. The number of benzene rings is 2. The van der Waals surface area contributed by atoms with Gasteiger partial charge < -0.3 is 28.9 Å². The maximum Gasteiger partial charge on any atom is 0.271 e. The van der Waals surface area contributed by atoms with Crippen LogP contribution in [-0.2, 0) is 9.16 Å². The van der Waals surface area contributed by atoms with Crippen molar-refractivity contribution in [3.05, 3.63) is 48.3 Å². The van der Waals surface area contributed by atoms with E-state index in [1.807, 2.05) is 36.4 Å². The third-order valence-electron chi connectivity index (χ3n) is 8.33. The Hall–Kier alpha value is -3.25. The molecule has 0 spiro atoms. The van der Waals surface area contributed by atoms with Gasteiger partial charge in [-0.05, 0) is 42.8 Å². The molecule has 43 heavy (non-hydrogen) atoms. The molecular weight excluding hydrogens is 562 g/mol. The molecule has 3 aromatic rings. The summed E-state index contributed by atoms with van der Waals surface area (Å²) >= 11 is 0. The molecule has 234 valence electrons. The zero-order valence-electron chi connectivity index (χ0n) is 26.7. The number of rotatable bonds is 13. The summed E-state index contributed by atoms with van der Waals surface area (Å²) in [7, 11) is 1.43. The second-order valence-corrected chi connectivity index (χ2v) is 17.1. The zero-order valence-corrected chi connectivity index (χ0v) is 27.7.